The number of hydrogen-bond donors (Lipinski definition) is 1. The van der Waals surface area contributed by atoms with E-state index in [2.05, 4.69) is 13.8 Å². The van der Waals surface area contributed by atoms with Gasteiger partial charge in [-0.2, -0.15) is 0 Å². The third-order valence-corrected chi connectivity index (χ3v) is 4.77. The van der Waals surface area contributed by atoms with Crippen molar-refractivity contribution in [1.82, 2.24) is 0 Å². The molecule has 1 heterocycles. The van der Waals surface area contributed by atoms with Gasteiger partial charge < -0.3 is 14.6 Å². The van der Waals surface area contributed by atoms with E-state index in [1.54, 1.807) is 0 Å². The van der Waals surface area contributed by atoms with Crippen molar-refractivity contribution < 1.29 is 14.6 Å². The summed E-state index contributed by atoms with van der Waals surface area (Å²) in [6, 6.07) is 0. The Balaban J connectivity index is 1.80. The highest BCUT2D eigenvalue weighted by atomic mass is 16.6. The van der Waals surface area contributed by atoms with Gasteiger partial charge in [0.25, 0.3) is 0 Å². The van der Waals surface area contributed by atoms with Crippen LogP contribution in [0.2, 0.25) is 0 Å². The molecule has 1 aliphatic carbocycles. The lowest BCUT2D eigenvalue weighted by atomic mass is 9.96. The average molecular weight is 270 g/mol. The molecule has 0 radical (unpaired) electrons. The molecule has 0 aromatic heterocycles. The summed E-state index contributed by atoms with van der Waals surface area (Å²) in [4.78, 5) is 0. The van der Waals surface area contributed by atoms with E-state index >= 15 is 0 Å². The molecule has 2 fully saturated rings. The molecule has 0 aromatic rings. The number of hydrogen-bond acceptors (Lipinski definition) is 3. The lowest BCUT2D eigenvalue weighted by Gasteiger charge is -2.25. The molecule has 3 nitrogen and oxygen atoms in total. The van der Waals surface area contributed by atoms with Crippen molar-refractivity contribution in [3.8, 4) is 0 Å². The number of aliphatic hydroxyl groups is 1. The molecule has 1 saturated heterocycles. The zero-order chi connectivity index (χ0) is 13.7. The van der Waals surface area contributed by atoms with Crippen LogP contribution in [0.4, 0.5) is 0 Å². The second-order valence-corrected chi connectivity index (χ2v) is 6.27. The third-order valence-electron chi connectivity index (χ3n) is 4.77. The second kappa shape index (κ2) is 7.61. The molecule has 112 valence electrons. The van der Waals surface area contributed by atoms with Gasteiger partial charge in [-0.05, 0) is 31.1 Å². The number of rotatable bonds is 9. The van der Waals surface area contributed by atoms with Crippen molar-refractivity contribution in [2.45, 2.75) is 64.6 Å². The molecule has 19 heavy (non-hydrogen) atoms. The molecular weight excluding hydrogens is 240 g/mol. The van der Waals surface area contributed by atoms with Crippen LogP contribution in [-0.2, 0) is 9.47 Å². The highest BCUT2D eigenvalue weighted by Crippen LogP contribution is 2.43. The van der Waals surface area contributed by atoms with E-state index < -0.39 is 0 Å². The van der Waals surface area contributed by atoms with Crippen molar-refractivity contribution in [3.63, 3.8) is 0 Å². The van der Waals surface area contributed by atoms with Crippen LogP contribution in [0.5, 0.6) is 0 Å². The normalized spacial score (nSPS) is 32.7. The first-order chi connectivity index (χ1) is 9.30. The molecule has 2 aliphatic rings. The average Bonchev–Trinajstić information content (AvgIpc) is 3.20. The van der Waals surface area contributed by atoms with Crippen molar-refractivity contribution in [1.29, 1.82) is 0 Å². The van der Waals surface area contributed by atoms with Crippen molar-refractivity contribution in [2.24, 2.45) is 17.8 Å². The summed E-state index contributed by atoms with van der Waals surface area (Å²) < 4.78 is 11.9. The minimum atomic E-state index is -0.0886. The first-order valence-corrected chi connectivity index (χ1v) is 8.14. The van der Waals surface area contributed by atoms with Crippen LogP contribution in [0, 0.1) is 17.8 Å². The van der Waals surface area contributed by atoms with E-state index in [9.17, 15) is 5.11 Å². The summed E-state index contributed by atoms with van der Waals surface area (Å²) in [5.41, 5.74) is 0. The Bertz CT molecular complexity index is 252. The van der Waals surface area contributed by atoms with Crippen LogP contribution in [0.25, 0.3) is 0 Å². The maximum absolute atomic E-state index is 9.42. The monoisotopic (exact) mass is 270 g/mol. The lowest BCUT2D eigenvalue weighted by Crippen LogP contribution is -2.34. The van der Waals surface area contributed by atoms with E-state index in [4.69, 9.17) is 9.47 Å². The Labute approximate surface area is 117 Å². The Morgan fingerprint density at radius 1 is 1.32 bits per heavy atom. The lowest BCUT2D eigenvalue weighted by molar-refractivity contribution is -0.0530. The summed E-state index contributed by atoms with van der Waals surface area (Å²) in [6.07, 6.45) is 7.68. The maximum Gasteiger partial charge on any atom is 0.107 e. The van der Waals surface area contributed by atoms with Gasteiger partial charge in [0.05, 0.1) is 19.3 Å². The fraction of sp³-hybridized carbons (Fsp3) is 1.00. The minimum Gasteiger partial charge on any atom is -0.394 e. The predicted molar refractivity (Wildman–Crippen MR) is 76.1 cm³/mol. The Morgan fingerprint density at radius 2 is 2.11 bits per heavy atom. The molecule has 2 rings (SSSR count). The van der Waals surface area contributed by atoms with Crippen molar-refractivity contribution in [3.05, 3.63) is 0 Å². The van der Waals surface area contributed by atoms with Crippen LogP contribution in [-0.4, -0.2) is 37.1 Å². The van der Waals surface area contributed by atoms with Gasteiger partial charge in [-0.15, -0.1) is 0 Å². The van der Waals surface area contributed by atoms with Gasteiger partial charge in [0.1, 0.15) is 6.10 Å². The van der Waals surface area contributed by atoms with Crippen LogP contribution in [0.3, 0.4) is 0 Å². The number of ether oxygens (including phenoxy) is 2. The summed E-state index contributed by atoms with van der Waals surface area (Å²) in [6.45, 7) is 6.20. The van der Waals surface area contributed by atoms with Crippen LogP contribution in [0.15, 0.2) is 0 Å². The molecule has 3 unspecified atom stereocenters. The van der Waals surface area contributed by atoms with Gasteiger partial charge in [-0.1, -0.05) is 33.1 Å². The fourth-order valence-corrected chi connectivity index (χ4v) is 3.16. The topological polar surface area (TPSA) is 38.7 Å². The summed E-state index contributed by atoms with van der Waals surface area (Å²) in [5.74, 6) is 1.98. The first kappa shape index (κ1) is 15.3. The smallest absolute Gasteiger partial charge is 0.107 e. The highest BCUT2D eigenvalue weighted by Gasteiger charge is 2.45. The van der Waals surface area contributed by atoms with Crippen molar-refractivity contribution >= 4 is 0 Å². The predicted octanol–water partition coefficient (Wildman–Crippen LogP) is 3.01. The van der Waals surface area contributed by atoms with Crippen molar-refractivity contribution in [2.75, 3.05) is 19.8 Å². The van der Waals surface area contributed by atoms with Crippen LogP contribution < -0.4 is 0 Å². The SMILES string of the molecule is CCCCC(CC)COC1C(C2CC2)CO[C@H]1CO. The maximum atomic E-state index is 9.42. The van der Waals surface area contributed by atoms with Gasteiger partial charge in [-0.3, -0.25) is 0 Å². The Morgan fingerprint density at radius 3 is 2.68 bits per heavy atom. The highest BCUT2D eigenvalue weighted by molar-refractivity contribution is 4.93. The molecule has 1 aliphatic heterocycles. The standard InChI is InChI=1S/C16H30O3/c1-3-5-6-12(4-2)10-19-16-14(13-7-8-13)11-18-15(16)9-17/h12-17H,3-11H2,1-2H3/t12?,14?,15-,16?/m0/s1. The van der Waals surface area contributed by atoms with E-state index in [1.807, 2.05) is 0 Å². The van der Waals surface area contributed by atoms with E-state index in [1.165, 1.54) is 38.5 Å². The van der Waals surface area contributed by atoms with E-state index in [0.29, 0.717) is 11.8 Å². The van der Waals surface area contributed by atoms with Gasteiger partial charge in [0, 0.05) is 12.5 Å². The van der Waals surface area contributed by atoms with Gasteiger partial charge in [-0.25, -0.2) is 0 Å². The second-order valence-electron chi connectivity index (χ2n) is 6.27. The molecule has 0 aromatic carbocycles. The zero-order valence-electron chi connectivity index (χ0n) is 12.5. The Hall–Kier alpha value is -0.120. The molecule has 1 saturated carbocycles. The van der Waals surface area contributed by atoms with Crippen LogP contribution >= 0.6 is 0 Å². The Kier molecular flexibility index (Phi) is 6.11. The number of unbranched alkanes of at least 4 members (excludes halogenated alkanes) is 1. The quantitative estimate of drug-likeness (QED) is 0.700. The zero-order valence-corrected chi connectivity index (χ0v) is 12.5. The van der Waals surface area contributed by atoms with Gasteiger partial charge in [0.15, 0.2) is 0 Å². The molecule has 0 amide bonds. The molecule has 0 spiro atoms. The van der Waals surface area contributed by atoms with Crippen LogP contribution in [0.1, 0.15) is 52.4 Å². The van der Waals surface area contributed by atoms with E-state index in [0.717, 1.165) is 19.1 Å². The molecule has 1 N–H and O–H groups in total. The summed E-state index contributed by atoms with van der Waals surface area (Å²) in [7, 11) is 0. The summed E-state index contributed by atoms with van der Waals surface area (Å²) in [5, 5.41) is 9.42. The fourth-order valence-electron chi connectivity index (χ4n) is 3.16. The molecule has 4 atom stereocenters. The molecule has 0 bridgehead atoms. The third kappa shape index (κ3) is 4.17. The summed E-state index contributed by atoms with van der Waals surface area (Å²) >= 11 is 0. The molecular formula is C16H30O3. The first-order valence-electron chi connectivity index (χ1n) is 8.14. The minimum absolute atomic E-state index is 0.0886. The van der Waals surface area contributed by atoms with Gasteiger partial charge >= 0.3 is 0 Å². The molecule has 3 heteroatoms. The number of aliphatic hydroxyl groups excluding tert-OH is 1. The van der Waals surface area contributed by atoms with E-state index in [-0.39, 0.29) is 18.8 Å². The van der Waals surface area contributed by atoms with Gasteiger partial charge in [0.2, 0.25) is 0 Å². The largest absolute Gasteiger partial charge is 0.394 e.